The van der Waals surface area contributed by atoms with Crippen LogP contribution in [0.25, 0.3) is 5.82 Å². The van der Waals surface area contributed by atoms with Gasteiger partial charge in [0.1, 0.15) is 6.33 Å². The molecule has 2 rings (SSSR count). The van der Waals surface area contributed by atoms with Crippen LogP contribution < -0.4 is 0 Å². The van der Waals surface area contributed by atoms with Crippen LogP contribution in [-0.2, 0) is 6.61 Å². The third-order valence-electron chi connectivity index (χ3n) is 1.60. The Morgan fingerprint density at radius 3 is 2.92 bits per heavy atom. The maximum absolute atomic E-state index is 8.83. The molecule has 1 N–H and O–H groups in total. The number of imidazole rings is 1. The van der Waals surface area contributed by atoms with Crippen molar-refractivity contribution < 1.29 is 5.11 Å². The Morgan fingerprint density at radius 2 is 2.23 bits per heavy atom. The van der Waals surface area contributed by atoms with Crippen molar-refractivity contribution in [2.24, 2.45) is 0 Å². The van der Waals surface area contributed by atoms with Gasteiger partial charge in [0.25, 0.3) is 0 Å². The first-order valence-corrected chi connectivity index (χ1v) is 3.80. The fourth-order valence-corrected chi connectivity index (χ4v) is 0.990. The number of hydrogen-bond acceptors (Lipinski definition) is 4. The second-order valence-corrected chi connectivity index (χ2v) is 2.50. The molecule has 2 heterocycles. The van der Waals surface area contributed by atoms with E-state index in [0.717, 1.165) is 0 Å². The average molecular weight is 176 g/mol. The normalized spacial score (nSPS) is 10.2. The number of nitrogens with zero attached hydrogens (tertiary/aromatic N) is 4. The van der Waals surface area contributed by atoms with Gasteiger partial charge in [-0.3, -0.25) is 9.55 Å². The van der Waals surface area contributed by atoms with Gasteiger partial charge in [-0.05, 0) is 0 Å². The lowest BCUT2D eigenvalue weighted by Crippen LogP contribution is -1.99. The van der Waals surface area contributed by atoms with Crippen molar-refractivity contribution in [3.8, 4) is 5.82 Å². The van der Waals surface area contributed by atoms with Crippen LogP contribution in [0.4, 0.5) is 0 Å². The van der Waals surface area contributed by atoms with Crippen LogP contribution in [0.5, 0.6) is 0 Å². The average Bonchev–Trinajstić information content (AvgIpc) is 2.71. The molecule has 5 nitrogen and oxygen atoms in total. The van der Waals surface area contributed by atoms with Gasteiger partial charge in [0.15, 0.2) is 5.82 Å². The van der Waals surface area contributed by atoms with Crippen molar-refractivity contribution >= 4 is 0 Å². The van der Waals surface area contributed by atoms with Crippen LogP contribution in [0.15, 0.2) is 31.1 Å². The van der Waals surface area contributed by atoms with Crippen molar-refractivity contribution in [1.29, 1.82) is 0 Å². The molecule has 0 unspecified atom stereocenters. The van der Waals surface area contributed by atoms with E-state index < -0.39 is 0 Å². The number of aliphatic hydroxyl groups excluding tert-OH is 1. The maximum Gasteiger partial charge on any atom is 0.156 e. The van der Waals surface area contributed by atoms with Crippen LogP contribution in [-0.4, -0.2) is 24.6 Å². The zero-order chi connectivity index (χ0) is 9.10. The third-order valence-corrected chi connectivity index (χ3v) is 1.60. The SMILES string of the molecule is OCc1cncc(-n2ccnc2)n1. The summed E-state index contributed by atoms with van der Waals surface area (Å²) in [6.07, 6.45) is 8.20. The highest BCUT2D eigenvalue weighted by Crippen LogP contribution is 2.02. The molecule has 2 aromatic heterocycles. The predicted octanol–water partition coefficient (Wildman–Crippen LogP) is 0.155. The lowest BCUT2D eigenvalue weighted by molar-refractivity contribution is 0.276. The van der Waals surface area contributed by atoms with Gasteiger partial charge >= 0.3 is 0 Å². The molecular weight excluding hydrogens is 168 g/mol. The number of hydrogen-bond donors (Lipinski definition) is 1. The molecule has 5 heteroatoms. The predicted molar refractivity (Wildman–Crippen MR) is 45.1 cm³/mol. The van der Waals surface area contributed by atoms with Crippen molar-refractivity contribution in [2.75, 3.05) is 0 Å². The van der Waals surface area contributed by atoms with E-state index in [-0.39, 0.29) is 6.61 Å². The van der Waals surface area contributed by atoms with Gasteiger partial charge in [-0.25, -0.2) is 9.97 Å². The Morgan fingerprint density at radius 1 is 1.31 bits per heavy atom. The molecule has 0 aliphatic rings. The quantitative estimate of drug-likeness (QED) is 0.707. The topological polar surface area (TPSA) is 63.8 Å². The van der Waals surface area contributed by atoms with E-state index in [0.29, 0.717) is 11.5 Å². The molecule has 13 heavy (non-hydrogen) atoms. The number of rotatable bonds is 2. The molecule has 0 fully saturated rings. The Balaban J connectivity index is 2.41. The largest absolute Gasteiger partial charge is 0.390 e. The van der Waals surface area contributed by atoms with Crippen molar-refractivity contribution in [2.45, 2.75) is 6.61 Å². The first-order chi connectivity index (χ1) is 6.40. The highest BCUT2D eigenvalue weighted by Gasteiger charge is 1.98. The highest BCUT2D eigenvalue weighted by atomic mass is 16.3. The zero-order valence-electron chi connectivity index (χ0n) is 6.83. The van der Waals surface area contributed by atoms with E-state index in [9.17, 15) is 0 Å². The molecule has 0 saturated carbocycles. The monoisotopic (exact) mass is 176 g/mol. The standard InChI is InChI=1S/C8H8N4O/c13-5-7-3-10-4-8(11-7)12-2-1-9-6-12/h1-4,6,13H,5H2. The van der Waals surface area contributed by atoms with Gasteiger partial charge in [0.2, 0.25) is 0 Å². The van der Waals surface area contributed by atoms with Crippen molar-refractivity contribution in [3.63, 3.8) is 0 Å². The van der Waals surface area contributed by atoms with Gasteiger partial charge < -0.3 is 5.11 Å². The number of aromatic nitrogens is 4. The smallest absolute Gasteiger partial charge is 0.156 e. The molecule has 0 radical (unpaired) electrons. The summed E-state index contributed by atoms with van der Waals surface area (Å²) in [5.74, 6) is 0.657. The molecule has 0 saturated heterocycles. The van der Waals surface area contributed by atoms with Crippen LogP contribution in [0.2, 0.25) is 0 Å². The van der Waals surface area contributed by atoms with Gasteiger partial charge in [-0.2, -0.15) is 0 Å². The Labute approximate surface area is 74.7 Å². The van der Waals surface area contributed by atoms with Crippen LogP contribution in [0, 0.1) is 0 Å². The minimum atomic E-state index is -0.102. The van der Waals surface area contributed by atoms with Gasteiger partial charge in [0.05, 0.1) is 24.7 Å². The lowest BCUT2D eigenvalue weighted by atomic mass is 10.5. The first kappa shape index (κ1) is 7.88. The maximum atomic E-state index is 8.83. The van der Waals surface area contributed by atoms with E-state index in [4.69, 9.17) is 5.11 Å². The van der Waals surface area contributed by atoms with E-state index in [1.54, 1.807) is 29.5 Å². The van der Waals surface area contributed by atoms with Crippen LogP contribution >= 0.6 is 0 Å². The highest BCUT2D eigenvalue weighted by molar-refractivity contribution is 5.19. The molecule has 66 valence electrons. The second kappa shape index (κ2) is 3.32. The fraction of sp³-hybridized carbons (Fsp3) is 0.125. The van der Waals surface area contributed by atoms with Gasteiger partial charge in [-0.15, -0.1) is 0 Å². The first-order valence-electron chi connectivity index (χ1n) is 3.80. The van der Waals surface area contributed by atoms with Crippen molar-refractivity contribution in [3.05, 3.63) is 36.8 Å². The minimum absolute atomic E-state index is 0.102. The Kier molecular flexibility index (Phi) is 2.01. The fourth-order valence-electron chi connectivity index (χ4n) is 0.990. The number of aliphatic hydroxyl groups is 1. The van der Waals surface area contributed by atoms with E-state index in [1.165, 1.54) is 6.20 Å². The van der Waals surface area contributed by atoms with Gasteiger partial charge in [0, 0.05) is 12.4 Å². The molecule has 0 amide bonds. The Bertz CT molecular complexity index is 385. The summed E-state index contributed by atoms with van der Waals surface area (Å²) in [4.78, 5) is 12.0. The summed E-state index contributed by atoms with van der Waals surface area (Å²) in [5.41, 5.74) is 0.547. The summed E-state index contributed by atoms with van der Waals surface area (Å²) in [5, 5.41) is 8.83. The molecule has 0 atom stereocenters. The van der Waals surface area contributed by atoms with E-state index in [2.05, 4.69) is 15.0 Å². The molecular formula is C8H8N4O. The summed E-state index contributed by atoms with van der Waals surface area (Å²) in [7, 11) is 0. The van der Waals surface area contributed by atoms with Crippen LogP contribution in [0.3, 0.4) is 0 Å². The van der Waals surface area contributed by atoms with Gasteiger partial charge in [-0.1, -0.05) is 0 Å². The summed E-state index contributed by atoms with van der Waals surface area (Å²) in [6.45, 7) is -0.102. The molecule has 0 aromatic carbocycles. The second-order valence-electron chi connectivity index (χ2n) is 2.50. The molecule has 0 bridgehead atoms. The van der Waals surface area contributed by atoms with E-state index in [1.807, 2.05) is 0 Å². The lowest BCUT2D eigenvalue weighted by Gasteiger charge is -2.00. The molecule has 0 aliphatic heterocycles. The third kappa shape index (κ3) is 1.54. The summed E-state index contributed by atoms with van der Waals surface area (Å²) < 4.78 is 1.73. The summed E-state index contributed by atoms with van der Waals surface area (Å²) >= 11 is 0. The van der Waals surface area contributed by atoms with Crippen LogP contribution in [0.1, 0.15) is 5.69 Å². The molecule has 0 aliphatic carbocycles. The molecule has 2 aromatic rings. The van der Waals surface area contributed by atoms with Crippen molar-refractivity contribution in [1.82, 2.24) is 19.5 Å². The zero-order valence-corrected chi connectivity index (χ0v) is 6.83. The summed E-state index contributed by atoms with van der Waals surface area (Å²) in [6, 6.07) is 0. The minimum Gasteiger partial charge on any atom is -0.390 e. The molecule has 0 spiro atoms. The Hall–Kier alpha value is -1.75. The van der Waals surface area contributed by atoms with E-state index >= 15 is 0 Å².